The number of carbonyl (C=O) groups excluding carboxylic acids is 2. The van der Waals surface area contributed by atoms with Crippen molar-refractivity contribution in [2.45, 2.75) is 13.8 Å². The van der Waals surface area contributed by atoms with Crippen molar-refractivity contribution in [1.29, 1.82) is 0 Å². The van der Waals surface area contributed by atoms with Gasteiger partial charge in [0.25, 0.3) is 5.91 Å². The van der Waals surface area contributed by atoms with E-state index in [9.17, 15) is 9.59 Å². The van der Waals surface area contributed by atoms with Crippen LogP contribution in [0.25, 0.3) is 0 Å². The van der Waals surface area contributed by atoms with Crippen molar-refractivity contribution in [3.05, 3.63) is 47.9 Å². The number of hydrogen-bond acceptors (Lipinski definition) is 5. The molecule has 0 spiro atoms. The van der Waals surface area contributed by atoms with Crippen molar-refractivity contribution in [3.8, 4) is 5.75 Å². The Bertz CT molecular complexity index is 762. The van der Waals surface area contributed by atoms with E-state index in [1.54, 1.807) is 19.1 Å². The van der Waals surface area contributed by atoms with Crippen LogP contribution in [0.2, 0.25) is 0 Å². The first kappa shape index (κ1) is 14.1. The van der Waals surface area contributed by atoms with Crippen molar-refractivity contribution >= 4 is 23.2 Å². The predicted octanol–water partition coefficient (Wildman–Crippen LogP) is 2.05. The van der Waals surface area contributed by atoms with Crippen molar-refractivity contribution in [1.82, 2.24) is 5.01 Å². The zero-order chi connectivity index (χ0) is 15.9. The molecule has 2 aliphatic heterocycles. The van der Waals surface area contributed by atoms with E-state index in [1.807, 2.05) is 36.2 Å². The Labute approximate surface area is 128 Å². The van der Waals surface area contributed by atoms with Crippen LogP contribution in [0, 0.1) is 0 Å². The summed E-state index contributed by atoms with van der Waals surface area (Å²) in [6.45, 7) is 3.00. The molecule has 0 saturated carbocycles. The van der Waals surface area contributed by atoms with Crippen LogP contribution in [0.5, 0.6) is 5.75 Å². The summed E-state index contributed by atoms with van der Waals surface area (Å²) in [5, 5.41) is 4.82. The van der Waals surface area contributed by atoms with Gasteiger partial charge >= 0.3 is 0 Å². The molecular weight excluding hydrogens is 282 g/mol. The first-order valence-corrected chi connectivity index (χ1v) is 6.82. The van der Waals surface area contributed by atoms with Gasteiger partial charge in [0.05, 0.1) is 17.0 Å². The number of amides is 2. The van der Waals surface area contributed by atoms with Crippen molar-refractivity contribution in [2.75, 3.05) is 11.9 Å². The fraction of sp³-hybridized carbons (Fsp3) is 0.188. The monoisotopic (exact) mass is 297 g/mol. The van der Waals surface area contributed by atoms with Crippen LogP contribution in [0.15, 0.2) is 53.0 Å². The van der Waals surface area contributed by atoms with Gasteiger partial charge in [0.2, 0.25) is 5.91 Å². The van der Waals surface area contributed by atoms with Gasteiger partial charge in [-0.25, -0.2) is 0 Å². The van der Waals surface area contributed by atoms with Gasteiger partial charge in [-0.05, 0) is 31.2 Å². The quantitative estimate of drug-likeness (QED) is 0.744. The lowest BCUT2D eigenvalue weighted by atomic mass is 10.1. The Morgan fingerprint density at radius 3 is 2.64 bits per heavy atom. The SMILES string of the molecule is CC(=O)N1N=C(C)/C(=C\C=C2\Oc3ccccc3N2C)C1=O. The Morgan fingerprint density at radius 1 is 1.27 bits per heavy atom. The highest BCUT2D eigenvalue weighted by atomic mass is 16.5. The van der Waals surface area contributed by atoms with Crippen molar-refractivity contribution in [3.63, 3.8) is 0 Å². The lowest BCUT2D eigenvalue weighted by Gasteiger charge is -2.10. The maximum Gasteiger partial charge on any atom is 0.283 e. The first-order chi connectivity index (χ1) is 10.5. The van der Waals surface area contributed by atoms with E-state index in [-0.39, 0.29) is 0 Å². The average molecular weight is 297 g/mol. The molecule has 0 saturated heterocycles. The van der Waals surface area contributed by atoms with E-state index >= 15 is 0 Å². The van der Waals surface area contributed by atoms with Gasteiger partial charge in [0.1, 0.15) is 0 Å². The second-order valence-electron chi connectivity index (χ2n) is 5.04. The Hall–Kier alpha value is -2.89. The highest BCUT2D eigenvalue weighted by Crippen LogP contribution is 2.37. The second kappa shape index (κ2) is 5.14. The van der Waals surface area contributed by atoms with E-state index < -0.39 is 11.8 Å². The van der Waals surface area contributed by atoms with Crippen LogP contribution >= 0.6 is 0 Å². The molecule has 0 aromatic heterocycles. The van der Waals surface area contributed by atoms with Gasteiger partial charge in [-0.1, -0.05) is 12.1 Å². The molecule has 0 unspecified atom stereocenters. The summed E-state index contributed by atoms with van der Waals surface area (Å²) in [5.74, 6) is 0.556. The van der Waals surface area contributed by atoms with Crippen LogP contribution in [0.3, 0.4) is 0 Å². The van der Waals surface area contributed by atoms with Crippen molar-refractivity contribution in [2.24, 2.45) is 5.10 Å². The fourth-order valence-electron chi connectivity index (χ4n) is 2.34. The highest BCUT2D eigenvalue weighted by Gasteiger charge is 2.30. The second-order valence-corrected chi connectivity index (χ2v) is 5.04. The maximum absolute atomic E-state index is 12.1. The predicted molar refractivity (Wildman–Crippen MR) is 82.3 cm³/mol. The molecule has 6 nitrogen and oxygen atoms in total. The molecule has 2 aliphatic rings. The van der Waals surface area contributed by atoms with Crippen molar-refractivity contribution < 1.29 is 14.3 Å². The van der Waals surface area contributed by atoms with E-state index in [4.69, 9.17) is 4.74 Å². The average Bonchev–Trinajstić information content (AvgIpc) is 2.96. The minimum atomic E-state index is -0.417. The number of carbonyl (C=O) groups is 2. The topological polar surface area (TPSA) is 62.2 Å². The number of fused-ring (bicyclic) bond motifs is 1. The van der Waals surface area contributed by atoms with Gasteiger partial charge in [0.15, 0.2) is 11.6 Å². The number of nitrogens with zero attached hydrogens (tertiary/aromatic N) is 3. The molecule has 0 aliphatic carbocycles. The van der Waals surface area contributed by atoms with Gasteiger partial charge in [-0.15, -0.1) is 0 Å². The molecule has 0 atom stereocenters. The third kappa shape index (κ3) is 2.18. The lowest BCUT2D eigenvalue weighted by Crippen LogP contribution is -2.26. The molecule has 3 rings (SSSR count). The minimum absolute atomic E-state index is 0.385. The summed E-state index contributed by atoms with van der Waals surface area (Å²) < 4.78 is 5.73. The molecule has 0 N–H and O–H groups in total. The van der Waals surface area contributed by atoms with E-state index in [0.29, 0.717) is 17.2 Å². The molecule has 2 heterocycles. The van der Waals surface area contributed by atoms with Crippen LogP contribution in [-0.2, 0) is 9.59 Å². The Balaban J connectivity index is 1.88. The minimum Gasteiger partial charge on any atom is -0.439 e. The summed E-state index contributed by atoms with van der Waals surface area (Å²) in [6.07, 6.45) is 3.33. The van der Waals surface area contributed by atoms with Crippen LogP contribution in [0.4, 0.5) is 5.69 Å². The number of hydrazone groups is 1. The summed E-state index contributed by atoms with van der Waals surface area (Å²) in [5.41, 5.74) is 1.85. The summed E-state index contributed by atoms with van der Waals surface area (Å²) in [4.78, 5) is 25.3. The number of imide groups is 1. The largest absolute Gasteiger partial charge is 0.439 e. The van der Waals surface area contributed by atoms with E-state index in [0.717, 1.165) is 16.4 Å². The number of allylic oxidation sites excluding steroid dienone is 2. The van der Waals surface area contributed by atoms with E-state index in [2.05, 4.69) is 5.10 Å². The summed E-state index contributed by atoms with van der Waals surface area (Å²) in [6, 6.07) is 7.66. The van der Waals surface area contributed by atoms with Crippen LogP contribution in [-0.4, -0.2) is 29.6 Å². The first-order valence-electron chi connectivity index (χ1n) is 6.82. The highest BCUT2D eigenvalue weighted by molar-refractivity contribution is 6.27. The molecule has 1 aromatic carbocycles. The van der Waals surface area contributed by atoms with Gasteiger partial charge in [-0.3, -0.25) is 9.59 Å². The molecule has 112 valence electrons. The number of para-hydroxylation sites is 2. The molecule has 6 heteroatoms. The number of rotatable bonds is 1. The fourth-order valence-corrected chi connectivity index (χ4v) is 2.34. The zero-order valence-corrected chi connectivity index (χ0v) is 12.5. The standard InChI is InChI=1S/C16H15N3O3/c1-10-12(16(21)19(17-10)11(2)20)8-9-15-18(3)13-6-4-5-7-14(13)22-15/h4-9H,1-3H3/b12-8+,15-9+. The molecule has 0 bridgehead atoms. The van der Waals surface area contributed by atoms with Crippen LogP contribution < -0.4 is 9.64 Å². The lowest BCUT2D eigenvalue weighted by molar-refractivity contribution is -0.139. The number of hydrogen-bond donors (Lipinski definition) is 0. The molecule has 2 amide bonds. The molecule has 0 fully saturated rings. The maximum atomic E-state index is 12.1. The summed E-state index contributed by atoms with van der Waals surface area (Å²) >= 11 is 0. The smallest absolute Gasteiger partial charge is 0.283 e. The Kier molecular flexibility index (Phi) is 3.29. The summed E-state index contributed by atoms with van der Waals surface area (Å²) in [7, 11) is 1.88. The normalized spacial score (nSPS) is 20.5. The number of ether oxygens (including phenoxy) is 1. The van der Waals surface area contributed by atoms with E-state index in [1.165, 1.54) is 6.92 Å². The molecule has 22 heavy (non-hydrogen) atoms. The number of anilines is 1. The third-order valence-corrected chi connectivity index (χ3v) is 3.53. The zero-order valence-electron chi connectivity index (χ0n) is 12.5. The van der Waals surface area contributed by atoms with Gasteiger partial charge in [-0.2, -0.15) is 10.1 Å². The number of benzene rings is 1. The third-order valence-electron chi connectivity index (χ3n) is 3.53. The van der Waals surface area contributed by atoms with Gasteiger partial charge in [0, 0.05) is 14.0 Å². The molecule has 1 aromatic rings. The molecular formula is C16H15N3O3. The van der Waals surface area contributed by atoms with Gasteiger partial charge < -0.3 is 9.64 Å². The Morgan fingerprint density at radius 2 is 2.00 bits per heavy atom. The van der Waals surface area contributed by atoms with Crippen LogP contribution in [0.1, 0.15) is 13.8 Å². The molecule has 0 radical (unpaired) electrons.